The average molecular weight is 466 g/mol. The van der Waals surface area contributed by atoms with Crippen LogP contribution in [0.15, 0.2) is 42.5 Å². The normalized spacial score (nSPS) is 11.0. The molecular weight excluding hydrogens is 442 g/mol. The molecule has 176 valence electrons. The van der Waals surface area contributed by atoms with Crippen LogP contribution in [0.5, 0.6) is 11.5 Å². The molecular formula is C25H24F2N4O3. The maximum Gasteiger partial charge on any atom is 0.224 e. The standard InChI is InChI=1S/C25H24F2N4O3/c1-14-20(6-8-25(32)29-23-11-17(26)5-7-21(23)27)15(2)31-24(28-14)13-22(30-31)16-9-18(33-3)12-19(10-16)34-4/h5,7,9-13H,6,8H2,1-4H3,(H,29,32). The fourth-order valence-electron chi connectivity index (χ4n) is 3.83. The Morgan fingerprint density at radius 2 is 1.74 bits per heavy atom. The zero-order valence-electron chi connectivity index (χ0n) is 19.3. The maximum atomic E-state index is 13.8. The number of hydrogen-bond donors (Lipinski definition) is 1. The van der Waals surface area contributed by atoms with Gasteiger partial charge in [-0.25, -0.2) is 18.3 Å². The Morgan fingerprint density at radius 1 is 1.03 bits per heavy atom. The third-order valence-electron chi connectivity index (χ3n) is 5.62. The lowest BCUT2D eigenvalue weighted by molar-refractivity contribution is -0.116. The third-order valence-corrected chi connectivity index (χ3v) is 5.62. The van der Waals surface area contributed by atoms with Crippen molar-refractivity contribution in [1.29, 1.82) is 0 Å². The molecule has 9 heteroatoms. The van der Waals surface area contributed by atoms with Gasteiger partial charge in [0.1, 0.15) is 23.1 Å². The second kappa shape index (κ2) is 9.46. The number of carbonyl (C=O) groups excluding carboxylic acids is 1. The van der Waals surface area contributed by atoms with Gasteiger partial charge in [-0.2, -0.15) is 5.10 Å². The maximum absolute atomic E-state index is 13.8. The van der Waals surface area contributed by atoms with Crippen molar-refractivity contribution in [3.63, 3.8) is 0 Å². The van der Waals surface area contributed by atoms with Gasteiger partial charge in [0, 0.05) is 41.6 Å². The van der Waals surface area contributed by atoms with Gasteiger partial charge in [-0.1, -0.05) is 0 Å². The van der Waals surface area contributed by atoms with Gasteiger partial charge in [0.2, 0.25) is 5.91 Å². The van der Waals surface area contributed by atoms with E-state index in [9.17, 15) is 13.6 Å². The van der Waals surface area contributed by atoms with Crippen molar-refractivity contribution in [2.45, 2.75) is 26.7 Å². The first-order valence-corrected chi connectivity index (χ1v) is 10.6. The number of benzene rings is 2. The molecule has 0 radical (unpaired) electrons. The van der Waals surface area contributed by atoms with Gasteiger partial charge in [0.05, 0.1) is 25.6 Å². The molecule has 0 aliphatic heterocycles. The molecule has 0 aliphatic carbocycles. The summed E-state index contributed by atoms with van der Waals surface area (Å²) >= 11 is 0. The Kier molecular flexibility index (Phi) is 6.45. The third kappa shape index (κ3) is 4.68. The highest BCUT2D eigenvalue weighted by Gasteiger charge is 2.16. The fraction of sp³-hybridized carbons (Fsp3) is 0.240. The largest absolute Gasteiger partial charge is 0.497 e. The van der Waals surface area contributed by atoms with Crippen LogP contribution in [0.1, 0.15) is 23.4 Å². The zero-order chi connectivity index (χ0) is 24.4. The Labute approximate surface area is 195 Å². The minimum Gasteiger partial charge on any atom is -0.497 e. The number of hydrogen-bond acceptors (Lipinski definition) is 5. The van der Waals surface area contributed by atoms with Crippen LogP contribution in [-0.2, 0) is 11.2 Å². The summed E-state index contributed by atoms with van der Waals surface area (Å²) in [6.07, 6.45) is 0.442. The van der Waals surface area contributed by atoms with Crippen LogP contribution in [0.25, 0.3) is 16.9 Å². The number of rotatable bonds is 7. The molecule has 4 rings (SSSR count). The molecule has 0 spiro atoms. The number of anilines is 1. The van der Waals surface area contributed by atoms with Gasteiger partial charge in [0.15, 0.2) is 5.65 Å². The van der Waals surface area contributed by atoms with Crippen LogP contribution in [0.4, 0.5) is 14.5 Å². The van der Waals surface area contributed by atoms with Crippen molar-refractivity contribution in [2.75, 3.05) is 19.5 Å². The Morgan fingerprint density at radius 3 is 2.41 bits per heavy atom. The molecule has 0 aliphatic rings. The van der Waals surface area contributed by atoms with Gasteiger partial charge in [-0.3, -0.25) is 4.79 Å². The molecule has 0 fully saturated rings. The lowest BCUT2D eigenvalue weighted by Crippen LogP contribution is -2.15. The number of ether oxygens (including phenoxy) is 2. The molecule has 2 heterocycles. The minimum atomic E-state index is -0.691. The summed E-state index contributed by atoms with van der Waals surface area (Å²) in [5.41, 5.74) is 4.47. The summed E-state index contributed by atoms with van der Waals surface area (Å²) in [4.78, 5) is 17.0. The number of nitrogens with one attached hydrogen (secondary N) is 1. The van der Waals surface area contributed by atoms with E-state index in [-0.39, 0.29) is 12.1 Å². The van der Waals surface area contributed by atoms with Crippen LogP contribution in [0.2, 0.25) is 0 Å². The van der Waals surface area contributed by atoms with Crippen molar-refractivity contribution < 1.29 is 23.0 Å². The monoisotopic (exact) mass is 466 g/mol. The molecule has 0 bridgehead atoms. The van der Waals surface area contributed by atoms with Gasteiger partial charge in [0.25, 0.3) is 0 Å². The number of carbonyl (C=O) groups is 1. The van der Waals surface area contributed by atoms with Crippen LogP contribution in [-0.4, -0.2) is 34.7 Å². The first kappa shape index (κ1) is 23.2. The van der Waals surface area contributed by atoms with Crippen molar-refractivity contribution in [2.24, 2.45) is 0 Å². The molecule has 4 aromatic rings. The Hall–Kier alpha value is -4.01. The minimum absolute atomic E-state index is 0.0754. The molecule has 0 atom stereocenters. The summed E-state index contributed by atoms with van der Waals surface area (Å²) in [5.74, 6) is -0.444. The van der Waals surface area contributed by atoms with Gasteiger partial charge < -0.3 is 14.8 Å². The molecule has 1 amide bonds. The molecule has 2 aromatic carbocycles. The molecule has 0 saturated heterocycles. The summed E-state index contributed by atoms with van der Waals surface area (Å²) in [6, 6.07) is 10.3. The van der Waals surface area contributed by atoms with E-state index in [2.05, 4.69) is 10.3 Å². The van der Waals surface area contributed by atoms with Crippen LogP contribution in [0, 0.1) is 25.5 Å². The summed E-state index contributed by atoms with van der Waals surface area (Å²) < 4.78 is 39.6. The van der Waals surface area contributed by atoms with Crippen molar-refractivity contribution >= 4 is 17.2 Å². The van der Waals surface area contributed by atoms with Crippen molar-refractivity contribution in [1.82, 2.24) is 14.6 Å². The average Bonchev–Trinajstić information content (AvgIpc) is 3.25. The number of methoxy groups -OCH3 is 2. The SMILES string of the molecule is COc1cc(OC)cc(-c2cc3nc(C)c(CCC(=O)Nc4cc(F)ccc4F)c(C)n3n2)c1. The highest BCUT2D eigenvalue weighted by Crippen LogP contribution is 2.30. The predicted octanol–water partition coefficient (Wildman–Crippen LogP) is 4.88. The number of aromatic nitrogens is 3. The first-order valence-electron chi connectivity index (χ1n) is 10.6. The lowest BCUT2D eigenvalue weighted by atomic mass is 10.1. The number of nitrogens with zero attached hydrogens (tertiary/aromatic N) is 3. The molecule has 2 aromatic heterocycles. The van der Waals surface area contributed by atoms with E-state index >= 15 is 0 Å². The van der Waals surface area contributed by atoms with Gasteiger partial charge in [-0.15, -0.1) is 0 Å². The quantitative estimate of drug-likeness (QED) is 0.420. The topological polar surface area (TPSA) is 77.8 Å². The molecule has 0 unspecified atom stereocenters. The highest BCUT2D eigenvalue weighted by molar-refractivity contribution is 5.91. The molecule has 7 nitrogen and oxygen atoms in total. The first-order chi connectivity index (χ1) is 16.3. The number of fused-ring (bicyclic) bond motifs is 1. The molecule has 0 saturated carbocycles. The van der Waals surface area contributed by atoms with E-state index in [1.807, 2.05) is 32.0 Å². The van der Waals surface area contributed by atoms with E-state index in [0.717, 1.165) is 40.7 Å². The number of halogens is 2. The highest BCUT2D eigenvalue weighted by atomic mass is 19.1. The number of aryl methyl sites for hydroxylation is 2. The van der Waals surface area contributed by atoms with Crippen LogP contribution in [0.3, 0.4) is 0 Å². The second-order valence-corrected chi connectivity index (χ2v) is 7.83. The zero-order valence-corrected chi connectivity index (χ0v) is 19.3. The van der Waals surface area contributed by atoms with E-state index in [0.29, 0.717) is 29.3 Å². The van der Waals surface area contributed by atoms with Crippen molar-refractivity contribution in [3.8, 4) is 22.8 Å². The van der Waals surface area contributed by atoms with Gasteiger partial charge >= 0.3 is 0 Å². The van der Waals surface area contributed by atoms with E-state index in [1.165, 1.54) is 0 Å². The summed E-state index contributed by atoms with van der Waals surface area (Å²) in [7, 11) is 3.17. The fourth-order valence-corrected chi connectivity index (χ4v) is 3.83. The van der Waals surface area contributed by atoms with E-state index in [1.54, 1.807) is 24.8 Å². The summed E-state index contributed by atoms with van der Waals surface area (Å²) in [6.45, 7) is 3.78. The Balaban J connectivity index is 1.59. The lowest BCUT2D eigenvalue weighted by Gasteiger charge is -2.11. The van der Waals surface area contributed by atoms with Crippen LogP contribution >= 0.6 is 0 Å². The number of amides is 1. The Bertz CT molecular complexity index is 1360. The van der Waals surface area contributed by atoms with Gasteiger partial charge in [-0.05, 0) is 50.1 Å². The van der Waals surface area contributed by atoms with E-state index in [4.69, 9.17) is 14.6 Å². The van der Waals surface area contributed by atoms with E-state index < -0.39 is 17.5 Å². The smallest absolute Gasteiger partial charge is 0.224 e. The molecule has 34 heavy (non-hydrogen) atoms. The van der Waals surface area contributed by atoms with Crippen molar-refractivity contribution in [3.05, 3.63) is 71.1 Å². The predicted molar refractivity (Wildman–Crippen MR) is 124 cm³/mol. The van der Waals surface area contributed by atoms with Crippen LogP contribution < -0.4 is 14.8 Å². The summed E-state index contributed by atoms with van der Waals surface area (Å²) in [5, 5.41) is 7.13. The molecule has 1 N–H and O–H groups in total. The second-order valence-electron chi connectivity index (χ2n) is 7.83.